The zero-order chi connectivity index (χ0) is 24.7. The summed E-state index contributed by atoms with van der Waals surface area (Å²) in [5.41, 5.74) is 4.44. The minimum atomic E-state index is -0.556. The first-order valence-corrected chi connectivity index (χ1v) is 11.8. The van der Waals surface area contributed by atoms with Crippen LogP contribution in [0.4, 0.5) is 5.69 Å². The maximum Gasteiger partial charge on any atom is 0.266 e. The van der Waals surface area contributed by atoms with E-state index in [0.717, 1.165) is 5.56 Å². The fourth-order valence-corrected chi connectivity index (χ4v) is 3.95. The Kier molecular flexibility index (Phi) is 8.75. The number of rotatable bonds is 8. The molecule has 3 rings (SSSR count). The molecule has 0 aromatic heterocycles. The molecule has 0 heterocycles. The first kappa shape index (κ1) is 25.4. The highest BCUT2D eigenvalue weighted by Crippen LogP contribution is 2.38. The van der Waals surface area contributed by atoms with Crippen molar-refractivity contribution in [2.24, 2.45) is 0 Å². The Balaban J connectivity index is 1.86. The number of anilines is 1. The third-order valence-electron chi connectivity index (χ3n) is 5.08. The summed E-state index contributed by atoms with van der Waals surface area (Å²) in [4.78, 5) is 12.6. The maximum absolute atomic E-state index is 12.6. The van der Waals surface area contributed by atoms with E-state index in [2.05, 4.69) is 47.2 Å². The average Bonchev–Trinajstić information content (AvgIpc) is 2.80. The molecule has 0 bridgehead atoms. The van der Waals surface area contributed by atoms with Crippen LogP contribution in [0.15, 0.2) is 64.6 Å². The largest absolute Gasteiger partial charge is 0.490 e. The van der Waals surface area contributed by atoms with Crippen LogP contribution in [0.2, 0.25) is 5.02 Å². The van der Waals surface area contributed by atoms with Gasteiger partial charge in [-0.05, 0) is 89.3 Å². The minimum Gasteiger partial charge on any atom is -0.490 e. The summed E-state index contributed by atoms with van der Waals surface area (Å²) in [5, 5.41) is 12.6. The van der Waals surface area contributed by atoms with Gasteiger partial charge in [0.05, 0.1) is 21.8 Å². The van der Waals surface area contributed by atoms with Crippen molar-refractivity contribution in [1.29, 1.82) is 5.26 Å². The molecule has 3 aromatic rings. The van der Waals surface area contributed by atoms with Crippen molar-refractivity contribution in [3.8, 4) is 17.6 Å². The lowest BCUT2D eigenvalue weighted by Gasteiger charge is -2.15. The van der Waals surface area contributed by atoms with E-state index in [-0.39, 0.29) is 5.57 Å². The Morgan fingerprint density at radius 2 is 1.88 bits per heavy atom. The van der Waals surface area contributed by atoms with Gasteiger partial charge in [0.25, 0.3) is 5.91 Å². The van der Waals surface area contributed by atoms with Gasteiger partial charge in [0.2, 0.25) is 0 Å². The molecule has 0 aliphatic carbocycles. The smallest absolute Gasteiger partial charge is 0.266 e. The predicted octanol–water partition coefficient (Wildman–Crippen LogP) is 7.24. The van der Waals surface area contributed by atoms with Gasteiger partial charge in [0, 0.05) is 0 Å². The zero-order valence-corrected chi connectivity index (χ0v) is 21.5. The molecular weight excluding hydrogens is 516 g/mol. The predicted molar refractivity (Wildman–Crippen MR) is 139 cm³/mol. The average molecular weight is 540 g/mol. The Labute approximate surface area is 213 Å². The molecule has 0 fully saturated rings. The first-order valence-electron chi connectivity index (χ1n) is 10.6. The van der Waals surface area contributed by atoms with Crippen LogP contribution in [-0.4, -0.2) is 12.5 Å². The summed E-state index contributed by atoms with van der Waals surface area (Å²) in [6, 6.07) is 18.5. The number of hydrogen-bond acceptors (Lipinski definition) is 4. The molecule has 174 valence electrons. The minimum absolute atomic E-state index is 0.0712. The molecule has 0 unspecified atom stereocenters. The number of nitrogens with one attached hydrogen (secondary N) is 1. The van der Waals surface area contributed by atoms with Crippen molar-refractivity contribution in [2.75, 3.05) is 11.9 Å². The zero-order valence-electron chi connectivity index (χ0n) is 19.1. The number of nitrogens with zero attached hydrogens (tertiary/aromatic N) is 1. The number of carbonyl (C=O) groups is 1. The van der Waals surface area contributed by atoms with E-state index in [4.69, 9.17) is 21.1 Å². The van der Waals surface area contributed by atoms with E-state index in [9.17, 15) is 10.1 Å². The van der Waals surface area contributed by atoms with E-state index in [1.165, 1.54) is 17.2 Å². The van der Waals surface area contributed by atoms with E-state index in [1.54, 1.807) is 36.4 Å². The number of aryl methyl sites for hydroxylation is 2. The number of halogens is 2. The molecule has 34 heavy (non-hydrogen) atoms. The van der Waals surface area contributed by atoms with Crippen molar-refractivity contribution >= 4 is 45.2 Å². The maximum atomic E-state index is 12.6. The molecule has 0 saturated carbocycles. The molecular formula is C27H24BrClN2O3. The summed E-state index contributed by atoms with van der Waals surface area (Å²) >= 11 is 9.65. The number of nitriles is 1. The molecule has 1 amide bonds. The summed E-state index contributed by atoms with van der Waals surface area (Å²) in [5.74, 6) is 0.506. The number of amides is 1. The third-order valence-corrected chi connectivity index (χ3v) is 6.00. The van der Waals surface area contributed by atoms with Gasteiger partial charge in [-0.3, -0.25) is 4.79 Å². The summed E-state index contributed by atoms with van der Waals surface area (Å²) < 4.78 is 12.5. The summed E-state index contributed by atoms with van der Waals surface area (Å²) in [6.07, 6.45) is 1.49. The van der Waals surface area contributed by atoms with Crippen LogP contribution in [-0.2, 0) is 11.4 Å². The van der Waals surface area contributed by atoms with E-state index in [0.29, 0.717) is 45.5 Å². The first-order chi connectivity index (χ1) is 16.3. The normalized spacial score (nSPS) is 11.0. The fourth-order valence-electron chi connectivity index (χ4n) is 3.19. The SMILES string of the molecule is CCOc1cc(/C=C(\C#N)C(=O)Nc2ccccc2Cl)cc(Br)c1OCc1ccc(C)c(C)c1. The monoisotopic (exact) mass is 538 g/mol. The van der Waals surface area contributed by atoms with Crippen LogP contribution in [0.5, 0.6) is 11.5 Å². The Hall–Kier alpha value is -3.27. The highest BCUT2D eigenvalue weighted by atomic mass is 79.9. The standard InChI is InChI=1S/C27H24BrClN2O3/c1-4-33-25-14-20(12-21(15-30)27(32)31-24-8-6-5-7-23(24)29)13-22(28)26(25)34-16-19-10-9-17(2)18(3)11-19/h5-14H,4,16H2,1-3H3,(H,31,32)/b21-12+. The van der Waals surface area contributed by atoms with Gasteiger partial charge in [0.15, 0.2) is 11.5 Å². The molecule has 0 atom stereocenters. The van der Waals surface area contributed by atoms with Gasteiger partial charge in [-0.15, -0.1) is 0 Å². The molecule has 0 aliphatic rings. The Morgan fingerprint density at radius 1 is 1.12 bits per heavy atom. The molecule has 0 aliphatic heterocycles. The summed E-state index contributed by atoms with van der Waals surface area (Å²) in [7, 11) is 0. The number of hydrogen-bond donors (Lipinski definition) is 1. The molecule has 0 saturated heterocycles. The van der Waals surface area contributed by atoms with Crippen molar-refractivity contribution in [3.05, 3.63) is 91.9 Å². The molecule has 0 radical (unpaired) electrons. The lowest BCUT2D eigenvalue weighted by Crippen LogP contribution is -2.13. The molecule has 3 aromatic carbocycles. The number of para-hydroxylation sites is 1. The van der Waals surface area contributed by atoms with Crippen LogP contribution in [0.1, 0.15) is 29.2 Å². The van der Waals surface area contributed by atoms with E-state index < -0.39 is 5.91 Å². The van der Waals surface area contributed by atoms with Crippen LogP contribution in [0.25, 0.3) is 6.08 Å². The fraction of sp³-hybridized carbons (Fsp3) is 0.185. The lowest BCUT2D eigenvalue weighted by molar-refractivity contribution is -0.112. The van der Waals surface area contributed by atoms with Crippen molar-refractivity contribution < 1.29 is 14.3 Å². The van der Waals surface area contributed by atoms with Crippen molar-refractivity contribution in [2.45, 2.75) is 27.4 Å². The van der Waals surface area contributed by atoms with Gasteiger partial charge in [-0.1, -0.05) is 41.9 Å². The Bertz CT molecular complexity index is 1280. The van der Waals surface area contributed by atoms with Gasteiger partial charge >= 0.3 is 0 Å². The van der Waals surface area contributed by atoms with Gasteiger partial charge in [-0.25, -0.2) is 0 Å². The third kappa shape index (κ3) is 6.40. The quantitative estimate of drug-likeness (QED) is 0.242. The van der Waals surface area contributed by atoms with Crippen LogP contribution >= 0.6 is 27.5 Å². The lowest BCUT2D eigenvalue weighted by atomic mass is 10.1. The molecule has 7 heteroatoms. The van der Waals surface area contributed by atoms with E-state index in [1.807, 2.05) is 19.1 Å². The van der Waals surface area contributed by atoms with Crippen molar-refractivity contribution in [1.82, 2.24) is 0 Å². The highest BCUT2D eigenvalue weighted by Gasteiger charge is 2.15. The molecule has 5 nitrogen and oxygen atoms in total. The van der Waals surface area contributed by atoms with Crippen LogP contribution in [0, 0.1) is 25.2 Å². The molecule has 0 spiro atoms. The second-order valence-electron chi connectivity index (χ2n) is 7.57. The highest BCUT2D eigenvalue weighted by molar-refractivity contribution is 9.10. The van der Waals surface area contributed by atoms with E-state index >= 15 is 0 Å². The van der Waals surface area contributed by atoms with Crippen LogP contribution < -0.4 is 14.8 Å². The van der Waals surface area contributed by atoms with Crippen molar-refractivity contribution in [3.63, 3.8) is 0 Å². The summed E-state index contributed by atoms with van der Waals surface area (Å²) in [6.45, 7) is 6.81. The number of carbonyl (C=O) groups excluding carboxylic acids is 1. The Morgan fingerprint density at radius 3 is 2.56 bits per heavy atom. The van der Waals surface area contributed by atoms with Gasteiger partial charge in [0.1, 0.15) is 18.2 Å². The second-order valence-corrected chi connectivity index (χ2v) is 8.84. The van der Waals surface area contributed by atoms with Gasteiger partial charge < -0.3 is 14.8 Å². The van der Waals surface area contributed by atoms with Gasteiger partial charge in [-0.2, -0.15) is 5.26 Å². The number of benzene rings is 3. The van der Waals surface area contributed by atoms with Crippen LogP contribution in [0.3, 0.4) is 0 Å². The number of ether oxygens (including phenoxy) is 2. The second kappa shape index (κ2) is 11.7. The molecule has 1 N–H and O–H groups in total. The topological polar surface area (TPSA) is 71.3 Å².